The Bertz CT molecular complexity index is 4640. The SMILES string of the molecule is Cn1c2ccc3ccccc3c2c2ccc3c(c21)[Si](c1ccccc1)(c1cccc(-c2ccc4c(c2)c2c(c5c4c4ccccc4n5C)[Si](c4ccccc4)(c4ccccc4)c4ccccc4-2)c1)c1ccccc1-3. The molecule has 0 spiro atoms. The maximum Gasteiger partial charge on any atom is 0.183 e. The third kappa shape index (κ3) is 5.23. The van der Waals surface area contributed by atoms with Gasteiger partial charge in [0.05, 0.1) is 5.52 Å². The second-order valence-corrected chi connectivity index (χ2v) is 28.1. The Labute approximate surface area is 431 Å². The molecule has 346 valence electrons. The van der Waals surface area contributed by atoms with Gasteiger partial charge in [0.25, 0.3) is 0 Å². The normalized spacial score (nSPS) is 15.3. The minimum atomic E-state index is -3.01. The van der Waals surface area contributed by atoms with Crippen LogP contribution < -0.4 is 41.5 Å². The molecule has 4 heterocycles. The van der Waals surface area contributed by atoms with Gasteiger partial charge in [-0.3, -0.25) is 0 Å². The minimum Gasteiger partial charge on any atom is -0.344 e. The standard InChI is InChI=1S/C70H48N2Si2/c1-71-60-34-17-14-32-56(60)65-54-39-37-47(44-59(54)66-57-33-16-19-36-63(57)73(70(66)68(65)71,48-23-6-3-7-24-48)49-25-8-4-9-26-49)46-22-20-29-51(43-46)74(50-27-10-5-11-28-50)62-35-18-15-31-53(62)55-40-41-58-64-52-30-13-12-21-45(52)38-42-61(64)72(2)67(58)69(55)74/h3-44H,1-2H3. The number of benzene rings is 12. The van der Waals surface area contributed by atoms with E-state index in [2.05, 4.69) is 278 Å². The summed E-state index contributed by atoms with van der Waals surface area (Å²) in [5, 5.41) is 22.0. The molecule has 2 aliphatic rings. The summed E-state index contributed by atoms with van der Waals surface area (Å²) in [5.41, 5.74) is 13.1. The summed E-state index contributed by atoms with van der Waals surface area (Å²) >= 11 is 0. The van der Waals surface area contributed by atoms with Crippen molar-refractivity contribution in [2.75, 3.05) is 0 Å². The van der Waals surface area contributed by atoms with Gasteiger partial charge < -0.3 is 9.13 Å². The van der Waals surface area contributed by atoms with Gasteiger partial charge in [0.1, 0.15) is 0 Å². The van der Waals surface area contributed by atoms with Gasteiger partial charge in [0.2, 0.25) is 0 Å². The summed E-state index contributed by atoms with van der Waals surface area (Å²) < 4.78 is 5.03. The molecular weight excluding hydrogens is 925 g/mol. The molecule has 12 aromatic carbocycles. The number of fused-ring (bicyclic) bond motifs is 19. The Balaban J connectivity index is 1.01. The molecule has 0 bridgehead atoms. The fraction of sp³-hybridized carbons (Fsp3) is 0.0286. The summed E-state index contributed by atoms with van der Waals surface area (Å²) in [6.45, 7) is 0. The van der Waals surface area contributed by atoms with E-state index in [0.717, 1.165) is 0 Å². The average molecular weight is 973 g/mol. The van der Waals surface area contributed by atoms with Crippen LogP contribution in [0.4, 0.5) is 0 Å². The first-order chi connectivity index (χ1) is 36.6. The van der Waals surface area contributed by atoms with Crippen molar-refractivity contribution in [2.24, 2.45) is 14.1 Å². The zero-order valence-corrected chi connectivity index (χ0v) is 43.1. The third-order valence-corrected chi connectivity index (χ3v) is 27.2. The van der Waals surface area contributed by atoms with Gasteiger partial charge in [-0.15, -0.1) is 0 Å². The van der Waals surface area contributed by atoms with Crippen LogP contribution in [0.1, 0.15) is 0 Å². The van der Waals surface area contributed by atoms with Crippen molar-refractivity contribution >= 4 is 123 Å². The van der Waals surface area contributed by atoms with E-state index in [1.165, 1.54) is 140 Å². The highest BCUT2D eigenvalue weighted by atomic mass is 28.3. The maximum atomic E-state index is 2.58. The molecule has 0 saturated carbocycles. The van der Waals surface area contributed by atoms with Crippen LogP contribution in [0.3, 0.4) is 0 Å². The number of rotatable bonds is 5. The third-order valence-electron chi connectivity index (χ3n) is 17.4. The maximum absolute atomic E-state index is 3.01. The Morgan fingerprint density at radius 2 is 0.851 bits per heavy atom. The number of nitrogens with zero attached hydrogens (tertiary/aromatic N) is 2. The van der Waals surface area contributed by atoms with Gasteiger partial charge >= 0.3 is 0 Å². The highest BCUT2D eigenvalue weighted by molar-refractivity contribution is 7.24. The fourth-order valence-corrected chi connectivity index (χ4v) is 25.5. The lowest BCUT2D eigenvalue weighted by atomic mass is 9.92. The first-order valence-electron chi connectivity index (χ1n) is 26.0. The zero-order valence-electron chi connectivity index (χ0n) is 41.1. The molecule has 2 aliphatic heterocycles. The molecule has 0 radical (unpaired) electrons. The van der Waals surface area contributed by atoms with Crippen molar-refractivity contribution in [2.45, 2.75) is 0 Å². The molecule has 0 N–H and O–H groups in total. The molecule has 1 atom stereocenters. The first kappa shape index (κ1) is 41.8. The van der Waals surface area contributed by atoms with E-state index in [-0.39, 0.29) is 0 Å². The topological polar surface area (TPSA) is 9.86 Å². The van der Waals surface area contributed by atoms with Crippen molar-refractivity contribution in [3.63, 3.8) is 0 Å². The van der Waals surface area contributed by atoms with Crippen LogP contribution >= 0.6 is 0 Å². The number of para-hydroxylation sites is 1. The molecule has 0 amide bonds. The van der Waals surface area contributed by atoms with E-state index >= 15 is 0 Å². The largest absolute Gasteiger partial charge is 0.344 e. The van der Waals surface area contributed by atoms with Crippen LogP contribution in [0.2, 0.25) is 0 Å². The van der Waals surface area contributed by atoms with Crippen molar-refractivity contribution in [1.29, 1.82) is 0 Å². The van der Waals surface area contributed by atoms with Gasteiger partial charge in [-0.25, -0.2) is 0 Å². The molecule has 0 aliphatic carbocycles. The van der Waals surface area contributed by atoms with Crippen molar-refractivity contribution in [3.05, 3.63) is 255 Å². The second-order valence-electron chi connectivity index (χ2n) is 20.7. The van der Waals surface area contributed by atoms with E-state index in [0.29, 0.717) is 0 Å². The Morgan fingerprint density at radius 3 is 1.58 bits per heavy atom. The fourth-order valence-electron chi connectivity index (χ4n) is 14.6. The lowest BCUT2D eigenvalue weighted by Gasteiger charge is -2.32. The molecule has 14 aromatic rings. The molecule has 4 heteroatoms. The van der Waals surface area contributed by atoms with Crippen LogP contribution in [0, 0.1) is 0 Å². The molecule has 0 saturated heterocycles. The molecule has 2 nitrogen and oxygen atoms in total. The lowest BCUT2D eigenvalue weighted by molar-refractivity contribution is 1.02. The van der Waals surface area contributed by atoms with Gasteiger partial charge in [-0.2, -0.15) is 0 Å². The van der Waals surface area contributed by atoms with Gasteiger partial charge in [-0.1, -0.05) is 237 Å². The van der Waals surface area contributed by atoms with Crippen LogP contribution in [0.15, 0.2) is 255 Å². The van der Waals surface area contributed by atoms with Crippen LogP contribution in [0.25, 0.3) is 98.5 Å². The van der Waals surface area contributed by atoms with Crippen LogP contribution in [-0.2, 0) is 14.1 Å². The van der Waals surface area contributed by atoms with Crippen LogP contribution in [0.5, 0.6) is 0 Å². The van der Waals surface area contributed by atoms with Gasteiger partial charge in [0, 0.05) is 52.2 Å². The highest BCUT2D eigenvalue weighted by Gasteiger charge is 2.52. The number of aryl methyl sites for hydroxylation is 2. The van der Waals surface area contributed by atoms with Gasteiger partial charge in [0.15, 0.2) is 16.1 Å². The van der Waals surface area contributed by atoms with E-state index < -0.39 is 16.1 Å². The second kappa shape index (κ2) is 15.4. The summed E-state index contributed by atoms with van der Waals surface area (Å²) in [7, 11) is -1.32. The predicted molar refractivity (Wildman–Crippen MR) is 320 cm³/mol. The molecule has 16 rings (SSSR count). The van der Waals surface area contributed by atoms with E-state index in [9.17, 15) is 0 Å². The van der Waals surface area contributed by atoms with E-state index in [1.807, 2.05) is 0 Å². The lowest BCUT2D eigenvalue weighted by Crippen LogP contribution is -2.73. The Morgan fingerprint density at radius 1 is 0.297 bits per heavy atom. The highest BCUT2D eigenvalue weighted by Crippen LogP contribution is 2.45. The predicted octanol–water partition coefficient (Wildman–Crippen LogP) is 11.7. The first-order valence-corrected chi connectivity index (χ1v) is 30.0. The summed E-state index contributed by atoms with van der Waals surface area (Å²) in [4.78, 5) is 0. The van der Waals surface area contributed by atoms with Crippen molar-refractivity contribution in [3.8, 4) is 33.4 Å². The Hall–Kier alpha value is -8.81. The Kier molecular flexibility index (Phi) is 8.67. The number of aromatic nitrogens is 2. The van der Waals surface area contributed by atoms with Crippen molar-refractivity contribution in [1.82, 2.24) is 9.13 Å². The van der Waals surface area contributed by atoms with Crippen molar-refractivity contribution < 1.29 is 0 Å². The zero-order chi connectivity index (χ0) is 48.9. The molecule has 1 unspecified atom stereocenters. The quantitative estimate of drug-likeness (QED) is 0.152. The van der Waals surface area contributed by atoms with E-state index in [4.69, 9.17) is 0 Å². The van der Waals surface area contributed by atoms with Gasteiger partial charge in [-0.05, 0) is 115 Å². The average Bonchev–Trinajstić information content (AvgIpc) is 4.19. The molecule has 74 heavy (non-hydrogen) atoms. The van der Waals surface area contributed by atoms with E-state index in [1.54, 1.807) is 0 Å². The van der Waals surface area contributed by atoms with Crippen LogP contribution in [-0.4, -0.2) is 25.3 Å². The smallest absolute Gasteiger partial charge is 0.183 e. The minimum absolute atomic E-state index is 1.23. The summed E-state index contributed by atoms with van der Waals surface area (Å²) in [6, 6.07) is 97.9. The summed E-state index contributed by atoms with van der Waals surface area (Å²) in [5.74, 6) is 0. The molecule has 0 fully saturated rings. The molecular formula is C70H48N2Si2. The molecule has 2 aromatic heterocycles. The number of hydrogen-bond acceptors (Lipinski definition) is 0. The summed E-state index contributed by atoms with van der Waals surface area (Å²) in [6.07, 6.45) is 0. The number of hydrogen-bond donors (Lipinski definition) is 0. The monoisotopic (exact) mass is 972 g/mol.